The molecule has 3 aromatic carbocycles. The Hall–Kier alpha value is -2.96. The number of ether oxygens (including phenoxy) is 2. The van der Waals surface area contributed by atoms with E-state index in [0.717, 1.165) is 12.8 Å². The van der Waals surface area contributed by atoms with E-state index in [1.165, 1.54) is 18.2 Å². The number of benzene rings is 3. The number of hydrogen-bond donors (Lipinski definition) is 0. The summed E-state index contributed by atoms with van der Waals surface area (Å²) in [5, 5.41) is 0. The molecule has 6 heteroatoms. The van der Waals surface area contributed by atoms with E-state index in [1.807, 2.05) is 13.0 Å². The lowest BCUT2D eigenvalue weighted by Crippen LogP contribution is -2.27. The molecule has 184 valence electrons. The molecule has 1 heterocycles. The summed E-state index contributed by atoms with van der Waals surface area (Å²) in [7, 11) is 0. The third-order valence-electron chi connectivity index (χ3n) is 6.36. The summed E-state index contributed by atoms with van der Waals surface area (Å²) in [6.45, 7) is 4.55. The maximum Gasteiger partial charge on any atom is 0.186 e. The fourth-order valence-corrected chi connectivity index (χ4v) is 4.27. The molecular weight excluding hydrogens is 456 g/mol. The Morgan fingerprint density at radius 2 is 1.34 bits per heavy atom. The second-order valence-corrected chi connectivity index (χ2v) is 8.67. The molecule has 0 aliphatic carbocycles. The van der Waals surface area contributed by atoms with E-state index >= 15 is 4.39 Å². The van der Waals surface area contributed by atoms with Gasteiger partial charge in [-0.15, -0.1) is 0 Å². The second kappa shape index (κ2) is 11.2. The minimum Gasteiger partial charge on any atom is -0.348 e. The summed E-state index contributed by atoms with van der Waals surface area (Å²) in [5.74, 6) is -3.61. The summed E-state index contributed by atoms with van der Waals surface area (Å²) in [5.41, 5.74) is 1.35. The lowest BCUT2D eigenvalue weighted by Gasteiger charge is -2.29. The van der Waals surface area contributed by atoms with Gasteiger partial charge in [0.2, 0.25) is 0 Å². The summed E-state index contributed by atoms with van der Waals surface area (Å²) in [6.07, 6.45) is 5.31. The monoisotopic (exact) mass is 484 g/mol. The summed E-state index contributed by atoms with van der Waals surface area (Å²) < 4.78 is 70.0. The molecule has 0 saturated carbocycles. The van der Waals surface area contributed by atoms with E-state index in [9.17, 15) is 13.2 Å². The number of hydrogen-bond acceptors (Lipinski definition) is 2. The van der Waals surface area contributed by atoms with Gasteiger partial charge in [-0.05, 0) is 42.9 Å². The average Bonchev–Trinajstić information content (AvgIpc) is 2.88. The Bertz CT molecular complexity index is 1200. The highest BCUT2D eigenvalue weighted by molar-refractivity contribution is 5.71. The van der Waals surface area contributed by atoms with Gasteiger partial charge >= 0.3 is 0 Å². The maximum absolute atomic E-state index is 15.0. The highest BCUT2D eigenvalue weighted by Crippen LogP contribution is 2.34. The summed E-state index contributed by atoms with van der Waals surface area (Å²) >= 11 is 0. The largest absolute Gasteiger partial charge is 0.348 e. The standard InChI is InChI=1S/C29H28F4O2/c1-3-5-6-7-18-16-34-29(35-17-18)24-15-14-23(27(32)28(24)33)21-10-8-20(9-11-21)22-13-12-19(4-2)25(30)26(22)31/h3,5,8-15,18,29H,4,6-7,16-17H2,1-2H3. The molecule has 1 aliphatic heterocycles. The van der Waals surface area contributed by atoms with Crippen LogP contribution in [0.1, 0.15) is 44.1 Å². The fourth-order valence-electron chi connectivity index (χ4n) is 4.27. The van der Waals surface area contributed by atoms with Crippen molar-refractivity contribution in [1.29, 1.82) is 0 Å². The van der Waals surface area contributed by atoms with E-state index in [-0.39, 0.29) is 22.6 Å². The van der Waals surface area contributed by atoms with E-state index in [4.69, 9.17) is 9.47 Å². The zero-order valence-electron chi connectivity index (χ0n) is 19.8. The van der Waals surface area contributed by atoms with Crippen LogP contribution in [-0.4, -0.2) is 13.2 Å². The molecule has 1 saturated heterocycles. The van der Waals surface area contributed by atoms with Crippen molar-refractivity contribution in [1.82, 2.24) is 0 Å². The minimum absolute atomic E-state index is 0.0170. The van der Waals surface area contributed by atoms with Crippen LogP contribution in [0.5, 0.6) is 0 Å². The first kappa shape index (κ1) is 25.1. The average molecular weight is 485 g/mol. The summed E-state index contributed by atoms with van der Waals surface area (Å²) in [6, 6.07) is 12.2. The maximum atomic E-state index is 15.0. The van der Waals surface area contributed by atoms with Crippen LogP contribution in [0.2, 0.25) is 0 Å². The van der Waals surface area contributed by atoms with Crippen LogP contribution in [-0.2, 0) is 15.9 Å². The lowest BCUT2D eigenvalue weighted by molar-refractivity contribution is -0.207. The fraction of sp³-hybridized carbons (Fsp3) is 0.310. The van der Waals surface area contributed by atoms with Gasteiger partial charge in [0, 0.05) is 22.6 Å². The van der Waals surface area contributed by atoms with Crippen LogP contribution in [0, 0.1) is 29.2 Å². The molecule has 1 aliphatic rings. The molecule has 0 amide bonds. The Balaban J connectivity index is 1.51. The van der Waals surface area contributed by atoms with Crippen molar-refractivity contribution < 1.29 is 27.0 Å². The van der Waals surface area contributed by atoms with Crippen LogP contribution in [0.25, 0.3) is 22.3 Å². The van der Waals surface area contributed by atoms with Gasteiger partial charge in [-0.1, -0.05) is 67.6 Å². The molecule has 0 spiro atoms. The molecule has 0 atom stereocenters. The van der Waals surface area contributed by atoms with Gasteiger partial charge in [0.05, 0.1) is 13.2 Å². The van der Waals surface area contributed by atoms with Gasteiger partial charge in [-0.3, -0.25) is 0 Å². The van der Waals surface area contributed by atoms with Gasteiger partial charge < -0.3 is 9.47 Å². The molecule has 3 aromatic rings. The van der Waals surface area contributed by atoms with Gasteiger partial charge in [0.15, 0.2) is 29.6 Å². The molecule has 0 radical (unpaired) electrons. The normalized spacial score (nSPS) is 18.3. The highest BCUT2D eigenvalue weighted by Gasteiger charge is 2.28. The minimum atomic E-state index is -1.02. The van der Waals surface area contributed by atoms with Gasteiger partial charge in [0.1, 0.15) is 0 Å². The van der Waals surface area contributed by atoms with Gasteiger partial charge in [0.25, 0.3) is 0 Å². The van der Waals surface area contributed by atoms with Crippen LogP contribution >= 0.6 is 0 Å². The van der Waals surface area contributed by atoms with Crippen molar-refractivity contribution in [3.8, 4) is 22.3 Å². The first-order chi connectivity index (χ1) is 16.9. The van der Waals surface area contributed by atoms with Gasteiger partial charge in [-0.25, -0.2) is 17.6 Å². The van der Waals surface area contributed by atoms with E-state index < -0.39 is 29.6 Å². The predicted octanol–water partition coefficient (Wildman–Crippen LogP) is 8.16. The Kier molecular flexibility index (Phi) is 8.04. The number of rotatable bonds is 7. The third kappa shape index (κ3) is 5.34. The van der Waals surface area contributed by atoms with Crippen molar-refractivity contribution in [2.24, 2.45) is 5.92 Å². The topological polar surface area (TPSA) is 18.5 Å². The Morgan fingerprint density at radius 1 is 0.771 bits per heavy atom. The molecule has 1 fully saturated rings. The molecule has 0 aromatic heterocycles. The van der Waals surface area contributed by atoms with Crippen LogP contribution < -0.4 is 0 Å². The van der Waals surface area contributed by atoms with Crippen LogP contribution in [0.3, 0.4) is 0 Å². The SMILES string of the molecule is CC=CCCC1COC(c2ccc(-c3ccc(-c4ccc(CC)c(F)c4F)cc3)c(F)c2F)OC1. The number of allylic oxidation sites excluding steroid dienone is 2. The van der Waals surface area contributed by atoms with Crippen molar-refractivity contribution in [2.45, 2.75) is 39.4 Å². The molecule has 0 unspecified atom stereocenters. The zero-order chi connectivity index (χ0) is 24.9. The number of aryl methyl sites for hydroxylation is 1. The quantitative estimate of drug-likeness (QED) is 0.249. The Labute approximate surface area is 203 Å². The van der Waals surface area contributed by atoms with E-state index in [1.54, 1.807) is 37.3 Å². The van der Waals surface area contributed by atoms with Crippen molar-refractivity contribution in [3.05, 3.63) is 95.1 Å². The zero-order valence-corrected chi connectivity index (χ0v) is 19.8. The van der Waals surface area contributed by atoms with Crippen LogP contribution in [0.4, 0.5) is 17.6 Å². The van der Waals surface area contributed by atoms with Crippen molar-refractivity contribution in [3.63, 3.8) is 0 Å². The first-order valence-corrected chi connectivity index (χ1v) is 11.8. The third-order valence-corrected chi connectivity index (χ3v) is 6.36. The molecular formula is C29H28F4O2. The van der Waals surface area contributed by atoms with E-state index in [2.05, 4.69) is 6.08 Å². The lowest BCUT2D eigenvalue weighted by atomic mass is 9.97. The van der Waals surface area contributed by atoms with Crippen LogP contribution in [0.15, 0.2) is 60.7 Å². The summed E-state index contributed by atoms with van der Waals surface area (Å²) in [4.78, 5) is 0. The molecule has 0 N–H and O–H groups in total. The predicted molar refractivity (Wildman–Crippen MR) is 129 cm³/mol. The molecule has 35 heavy (non-hydrogen) atoms. The highest BCUT2D eigenvalue weighted by atomic mass is 19.2. The molecule has 2 nitrogen and oxygen atoms in total. The number of halogens is 4. The van der Waals surface area contributed by atoms with Crippen molar-refractivity contribution in [2.75, 3.05) is 13.2 Å². The van der Waals surface area contributed by atoms with Crippen molar-refractivity contribution >= 4 is 0 Å². The Morgan fingerprint density at radius 3 is 1.91 bits per heavy atom. The molecule has 4 rings (SSSR count). The first-order valence-electron chi connectivity index (χ1n) is 11.8. The second-order valence-electron chi connectivity index (χ2n) is 8.67. The smallest absolute Gasteiger partial charge is 0.186 e. The molecule has 0 bridgehead atoms. The van der Waals surface area contributed by atoms with Gasteiger partial charge in [-0.2, -0.15) is 0 Å². The van der Waals surface area contributed by atoms with E-state index in [0.29, 0.717) is 36.3 Å².